The Kier molecular flexibility index (Phi) is 12.4. The van der Waals surface area contributed by atoms with Gasteiger partial charge in [0.1, 0.15) is 0 Å². The van der Waals surface area contributed by atoms with E-state index in [0.29, 0.717) is 83.2 Å². The highest BCUT2D eigenvalue weighted by Crippen LogP contribution is 2.58. The van der Waals surface area contributed by atoms with Crippen LogP contribution in [0, 0.1) is 59.2 Å². The van der Waals surface area contributed by atoms with Gasteiger partial charge in [0.2, 0.25) is 0 Å². The van der Waals surface area contributed by atoms with Crippen molar-refractivity contribution in [3.05, 3.63) is 81.8 Å². The summed E-state index contributed by atoms with van der Waals surface area (Å²) in [6, 6.07) is 2.27. The van der Waals surface area contributed by atoms with Crippen molar-refractivity contribution < 1.29 is 0 Å². The second-order valence-electron chi connectivity index (χ2n) is 24.5. The van der Waals surface area contributed by atoms with Crippen LogP contribution in [-0.2, 0) is 0 Å². The summed E-state index contributed by atoms with van der Waals surface area (Å²) in [4.78, 5) is 6.40. The SMILES string of the molecule is CCCC1CCCC2C3=C(C=CCC3)N(C3=C(C)CC(C4NC(C5CCCCC5)NC(C5C=CCC6C7=CCCCC7SC65)N4)C(N4C5C(C)=CC(C)CC5C5C=C(C)CC(C)C54)C3)C12. The van der Waals surface area contributed by atoms with Gasteiger partial charge < -0.3 is 4.90 Å². The fourth-order valence-corrected chi connectivity index (χ4v) is 20.1. The summed E-state index contributed by atoms with van der Waals surface area (Å²) in [6.45, 7) is 15.3. The molecule has 12 aliphatic rings. The summed E-state index contributed by atoms with van der Waals surface area (Å²) in [6.07, 6.45) is 46.3. The molecule has 8 aliphatic carbocycles. The number of fused-ring (bicyclic) bond motifs is 8. The third-order valence-corrected chi connectivity index (χ3v) is 22.3. The van der Waals surface area contributed by atoms with Gasteiger partial charge in [0.25, 0.3) is 0 Å². The predicted molar refractivity (Wildman–Crippen MR) is 273 cm³/mol. The lowest BCUT2D eigenvalue weighted by Crippen LogP contribution is -2.74. The fraction of sp³-hybridized carbons (Fsp3) is 0.763. The lowest BCUT2D eigenvalue weighted by Gasteiger charge is -2.55. The zero-order chi connectivity index (χ0) is 44.1. The molecule has 0 aromatic rings. The molecule has 354 valence electrons. The van der Waals surface area contributed by atoms with Gasteiger partial charge >= 0.3 is 0 Å². The van der Waals surface area contributed by atoms with Gasteiger partial charge in [0.15, 0.2) is 0 Å². The van der Waals surface area contributed by atoms with E-state index in [-0.39, 0.29) is 6.17 Å². The Balaban J connectivity index is 0.969. The third kappa shape index (κ3) is 7.68. The largest absolute Gasteiger partial charge is 0.341 e. The molecule has 5 nitrogen and oxygen atoms in total. The molecule has 3 N–H and O–H groups in total. The van der Waals surface area contributed by atoms with Gasteiger partial charge in [-0.15, -0.1) is 11.8 Å². The van der Waals surface area contributed by atoms with E-state index in [9.17, 15) is 0 Å². The molecule has 3 saturated heterocycles. The number of thioether (sulfide) groups is 1. The predicted octanol–water partition coefficient (Wildman–Crippen LogP) is 12.9. The summed E-state index contributed by atoms with van der Waals surface area (Å²) < 4.78 is 0. The summed E-state index contributed by atoms with van der Waals surface area (Å²) in [5.41, 5.74) is 12.1. The molecule has 0 aromatic carbocycles. The van der Waals surface area contributed by atoms with Crippen LogP contribution in [0.1, 0.15) is 170 Å². The molecule has 18 unspecified atom stereocenters. The van der Waals surface area contributed by atoms with Crippen molar-refractivity contribution in [2.75, 3.05) is 0 Å². The van der Waals surface area contributed by atoms with E-state index in [2.05, 4.69) is 122 Å². The Morgan fingerprint density at radius 3 is 2.48 bits per heavy atom. The maximum atomic E-state index is 4.59. The van der Waals surface area contributed by atoms with Gasteiger partial charge in [-0.05, 0) is 164 Å². The minimum atomic E-state index is 0.273. The topological polar surface area (TPSA) is 42.6 Å². The van der Waals surface area contributed by atoms with Crippen molar-refractivity contribution in [3.63, 3.8) is 0 Å². The van der Waals surface area contributed by atoms with Gasteiger partial charge in [-0.1, -0.05) is 112 Å². The fourth-order valence-electron chi connectivity index (χ4n) is 18.2. The van der Waals surface area contributed by atoms with Crippen molar-refractivity contribution in [1.82, 2.24) is 25.8 Å². The first-order valence-corrected chi connectivity index (χ1v) is 29.0. The number of allylic oxidation sites excluding steroid dienone is 7. The second-order valence-corrected chi connectivity index (χ2v) is 25.9. The van der Waals surface area contributed by atoms with E-state index >= 15 is 0 Å². The molecule has 0 aromatic heterocycles. The summed E-state index contributed by atoms with van der Waals surface area (Å²) in [5, 5.41) is 15.0. The van der Waals surface area contributed by atoms with Crippen LogP contribution in [0.3, 0.4) is 0 Å². The summed E-state index contributed by atoms with van der Waals surface area (Å²) in [5.74, 6) is 6.70. The zero-order valence-electron chi connectivity index (χ0n) is 41.5. The Morgan fingerprint density at radius 2 is 1.62 bits per heavy atom. The summed E-state index contributed by atoms with van der Waals surface area (Å²) in [7, 11) is 0. The van der Waals surface area contributed by atoms with Gasteiger partial charge in [0.05, 0.1) is 18.5 Å². The average molecular weight is 898 g/mol. The smallest absolute Gasteiger partial charge is 0.0671 e. The minimum absolute atomic E-state index is 0.273. The highest BCUT2D eigenvalue weighted by atomic mass is 32.2. The minimum Gasteiger partial charge on any atom is -0.341 e. The number of hydrogen-bond donors (Lipinski definition) is 3. The Hall–Kier alpha value is -1.83. The number of nitrogens with zero attached hydrogens (tertiary/aromatic N) is 2. The van der Waals surface area contributed by atoms with E-state index in [1.165, 1.54) is 128 Å². The van der Waals surface area contributed by atoms with Crippen molar-refractivity contribution in [3.8, 4) is 0 Å². The quantitative estimate of drug-likeness (QED) is 0.221. The Bertz CT molecular complexity index is 2030. The van der Waals surface area contributed by atoms with Crippen LogP contribution in [0.4, 0.5) is 0 Å². The molecule has 0 radical (unpaired) electrons. The molecule has 4 heterocycles. The number of rotatable bonds is 7. The third-order valence-electron chi connectivity index (χ3n) is 20.5. The van der Waals surface area contributed by atoms with Crippen molar-refractivity contribution in [1.29, 1.82) is 0 Å². The maximum absolute atomic E-state index is 4.59. The molecular formula is C59H87N5S. The first kappa shape index (κ1) is 44.4. The van der Waals surface area contributed by atoms with E-state index in [0.717, 1.165) is 23.0 Å². The van der Waals surface area contributed by atoms with Crippen LogP contribution >= 0.6 is 11.8 Å². The standard InChI is InChI=1S/C59H87N5S/c1-7-17-39-20-15-23-43-41-21-11-13-26-49(41)63(55(39)43)50-33-51(64-53-37(5)28-34(2)30-46(53)47-31-35(3)29-38(6)54(47)64)48(32-36(50)4)59-61-57(40-18-9-8-10-19-40)60-58(62-59)45-25-16-24-44-42-22-12-14-27-52(42)65-56(44)45/h13,16,22,25-26,28,31,34,38-40,43-48,51-62H,7-12,14-15,17-21,23-24,27,29-30,32-33H2,1-6H3. The van der Waals surface area contributed by atoms with Gasteiger partial charge in [0, 0.05) is 70.2 Å². The first-order valence-electron chi connectivity index (χ1n) is 28.1. The molecule has 6 heteroatoms. The Labute approximate surface area is 399 Å². The Morgan fingerprint density at radius 1 is 0.769 bits per heavy atom. The van der Waals surface area contributed by atoms with Crippen LogP contribution in [0.5, 0.6) is 0 Å². The van der Waals surface area contributed by atoms with Crippen LogP contribution < -0.4 is 16.0 Å². The highest BCUT2D eigenvalue weighted by molar-refractivity contribution is 8.01. The van der Waals surface area contributed by atoms with E-state index in [4.69, 9.17) is 0 Å². The van der Waals surface area contributed by atoms with Crippen LogP contribution in [0.25, 0.3) is 0 Å². The molecular weight excluding hydrogens is 811 g/mol. The molecule has 18 atom stereocenters. The normalized spacial score (nSPS) is 46.5. The van der Waals surface area contributed by atoms with Crippen LogP contribution in [0.15, 0.2) is 81.8 Å². The number of hydrogen-bond acceptors (Lipinski definition) is 6. The van der Waals surface area contributed by atoms with Crippen LogP contribution in [0.2, 0.25) is 0 Å². The molecule has 5 fully saturated rings. The van der Waals surface area contributed by atoms with Crippen molar-refractivity contribution >= 4 is 11.8 Å². The zero-order valence-corrected chi connectivity index (χ0v) is 42.3. The van der Waals surface area contributed by atoms with Crippen molar-refractivity contribution in [2.45, 2.75) is 223 Å². The number of nitrogens with one attached hydrogen (secondary N) is 3. The molecule has 0 bridgehead atoms. The van der Waals surface area contributed by atoms with Gasteiger partial charge in [-0.25, -0.2) is 0 Å². The molecule has 2 saturated carbocycles. The molecule has 0 spiro atoms. The molecule has 65 heavy (non-hydrogen) atoms. The summed E-state index contributed by atoms with van der Waals surface area (Å²) >= 11 is 2.37. The molecule has 12 rings (SSSR count). The van der Waals surface area contributed by atoms with Crippen LogP contribution in [-0.4, -0.2) is 63.0 Å². The molecule has 0 amide bonds. The second kappa shape index (κ2) is 18.2. The monoisotopic (exact) mass is 898 g/mol. The lowest BCUT2D eigenvalue weighted by molar-refractivity contribution is 0.00437. The van der Waals surface area contributed by atoms with Gasteiger partial charge in [-0.2, -0.15) is 0 Å². The maximum Gasteiger partial charge on any atom is 0.0671 e. The van der Waals surface area contributed by atoms with Crippen molar-refractivity contribution in [2.24, 2.45) is 59.2 Å². The van der Waals surface area contributed by atoms with E-state index < -0.39 is 0 Å². The highest BCUT2D eigenvalue weighted by Gasteiger charge is 2.59. The molecule has 4 aliphatic heterocycles. The number of likely N-dealkylation sites (tertiary alicyclic amines) is 1. The average Bonchev–Trinajstić information content (AvgIpc) is 3.98. The first-order chi connectivity index (χ1) is 31.7. The lowest BCUT2D eigenvalue weighted by atomic mass is 9.70. The van der Waals surface area contributed by atoms with Gasteiger partial charge in [-0.3, -0.25) is 20.9 Å². The van der Waals surface area contributed by atoms with E-state index in [1.54, 1.807) is 28.1 Å². The van der Waals surface area contributed by atoms with E-state index in [1.807, 2.05) is 11.1 Å².